The SMILES string of the molecule is COC(=O)c1cccc(N2C(=O)C(=O)/C(=C(/O)c3ccccc3OC)C2c2cccc(OC)c2)c1. The zero-order valence-corrected chi connectivity index (χ0v) is 19.3. The molecule has 35 heavy (non-hydrogen) atoms. The standard InChI is InChI=1S/C27H23NO7/c1-33-19-11-7-8-16(15-19)23-22(24(29)20-12-4-5-13-21(20)34-2)25(30)26(31)28(23)18-10-6-9-17(14-18)27(32)35-3/h4-15,23,29H,1-3H3/b24-22+. The lowest BCUT2D eigenvalue weighted by atomic mass is 9.94. The number of Topliss-reactive ketones (excluding diaryl/α,β-unsaturated/α-hetero) is 1. The number of hydrogen-bond acceptors (Lipinski definition) is 7. The lowest BCUT2D eigenvalue weighted by molar-refractivity contribution is -0.132. The van der Waals surface area contributed by atoms with Gasteiger partial charge in [-0.25, -0.2) is 4.79 Å². The Labute approximate surface area is 202 Å². The second-order valence-electron chi connectivity index (χ2n) is 7.69. The number of benzene rings is 3. The molecular formula is C27H23NO7. The molecule has 1 unspecified atom stereocenters. The number of nitrogens with zero attached hydrogens (tertiary/aromatic N) is 1. The van der Waals surface area contributed by atoms with Gasteiger partial charge in [-0.3, -0.25) is 14.5 Å². The quantitative estimate of drug-likeness (QED) is 0.249. The molecule has 8 nitrogen and oxygen atoms in total. The summed E-state index contributed by atoms with van der Waals surface area (Å²) in [4.78, 5) is 40.1. The molecule has 0 aromatic heterocycles. The number of carbonyl (C=O) groups excluding carboxylic acids is 3. The summed E-state index contributed by atoms with van der Waals surface area (Å²) in [5.74, 6) is -1.83. The number of aliphatic hydroxyl groups excluding tert-OH is 1. The number of amides is 1. The van der Waals surface area contributed by atoms with E-state index in [0.717, 1.165) is 0 Å². The molecule has 1 heterocycles. The van der Waals surface area contributed by atoms with E-state index in [1.807, 2.05) is 0 Å². The molecule has 1 N–H and O–H groups in total. The van der Waals surface area contributed by atoms with E-state index >= 15 is 0 Å². The summed E-state index contributed by atoms with van der Waals surface area (Å²) < 4.78 is 15.5. The molecule has 8 heteroatoms. The maximum absolute atomic E-state index is 13.3. The number of hydrogen-bond donors (Lipinski definition) is 1. The molecule has 4 rings (SSSR count). The first-order valence-corrected chi connectivity index (χ1v) is 10.7. The van der Waals surface area contributed by atoms with Gasteiger partial charge in [-0.05, 0) is 48.0 Å². The monoisotopic (exact) mass is 473 g/mol. The Hall–Kier alpha value is -4.59. The highest BCUT2D eigenvalue weighted by Gasteiger charge is 2.47. The van der Waals surface area contributed by atoms with E-state index in [1.165, 1.54) is 32.3 Å². The molecule has 1 aliphatic rings. The van der Waals surface area contributed by atoms with Gasteiger partial charge in [0.15, 0.2) is 0 Å². The number of aliphatic hydroxyl groups is 1. The number of ketones is 1. The van der Waals surface area contributed by atoms with Gasteiger partial charge in [0.2, 0.25) is 0 Å². The molecule has 0 radical (unpaired) electrons. The minimum absolute atomic E-state index is 0.115. The maximum Gasteiger partial charge on any atom is 0.337 e. The number of carbonyl (C=O) groups is 3. The first-order valence-electron chi connectivity index (χ1n) is 10.7. The summed E-state index contributed by atoms with van der Waals surface area (Å²) in [6.07, 6.45) is 0. The highest BCUT2D eigenvalue weighted by molar-refractivity contribution is 6.51. The summed E-state index contributed by atoms with van der Waals surface area (Å²) in [5.41, 5.74) is 1.19. The molecule has 0 spiro atoms. The van der Waals surface area contributed by atoms with E-state index < -0.39 is 23.7 Å². The number of ether oxygens (including phenoxy) is 3. The van der Waals surface area contributed by atoms with E-state index in [9.17, 15) is 19.5 Å². The van der Waals surface area contributed by atoms with Crippen LogP contribution in [0.15, 0.2) is 78.4 Å². The van der Waals surface area contributed by atoms with Crippen LogP contribution in [-0.2, 0) is 14.3 Å². The fourth-order valence-electron chi connectivity index (χ4n) is 4.11. The van der Waals surface area contributed by atoms with Crippen molar-refractivity contribution in [1.82, 2.24) is 0 Å². The molecular weight excluding hydrogens is 450 g/mol. The van der Waals surface area contributed by atoms with E-state index in [0.29, 0.717) is 22.7 Å². The Bertz CT molecular complexity index is 1340. The minimum atomic E-state index is -0.997. The van der Waals surface area contributed by atoms with E-state index in [-0.39, 0.29) is 22.5 Å². The molecule has 0 bridgehead atoms. The topological polar surface area (TPSA) is 102 Å². The number of rotatable bonds is 6. The Morgan fingerprint density at radius 1 is 0.886 bits per heavy atom. The molecule has 0 saturated carbocycles. The summed E-state index contributed by atoms with van der Waals surface area (Å²) in [6.45, 7) is 0. The number of para-hydroxylation sites is 1. The van der Waals surface area contributed by atoms with Crippen molar-refractivity contribution < 1.29 is 33.7 Å². The third-order valence-corrected chi connectivity index (χ3v) is 5.76. The summed E-state index contributed by atoms with van der Waals surface area (Å²) >= 11 is 0. The highest BCUT2D eigenvalue weighted by Crippen LogP contribution is 2.44. The minimum Gasteiger partial charge on any atom is -0.507 e. The summed E-state index contributed by atoms with van der Waals surface area (Å²) in [5, 5.41) is 11.3. The van der Waals surface area contributed by atoms with Crippen LogP contribution in [0.4, 0.5) is 5.69 Å². The van der Waals surface area contributed by atoms with Crippen LogP contribution < -0.4 is 14.4 Å². The molecule has 0 aliphatic carbocycles. The fraction of sp³-hybridized carbons (Fsp3) is 0.148. The van der Waals surface area contributed by atoms with Crippen molar-refractivity contribution in [2.45, 2.75) is 6.04 Å². The average molecular weight is 473 g/mol. The van der Waals surface area contributed by atoms with Crippen molar-refractivity contribution in [3.8, 4) is 11.5 Å². The van der Waals surface area contributed by atoms with Crippen molar-refractivity contribution in [2.75, 3.05) is 26.2 Å². The van der Waals surface area contributed by atoms with Crippen LogP contribution in [0.5, 0.6) is 11.5 Å². The van der Waals surface area contributed by atoms with E-state index in [4.69, 9.17) is 14.2 Å². The van der Waals surface area contributed by atoms with Gasteiger partial charge in [-0.15, -0.1) is 0 Å². The zero-order valence-electron chi connectivity index (χ0n) is 19.3. The lowest BCUT2D eigenvalue weighted by Gasteiger charge is -2.26. The summed E-state index contributed by atoms with van der Waals surface area (Å²) in [6, 6.07) is 18.7. The number of methoxy groups -OCH3 is 3. The first kappa shape index (κ1) is 23.6. The van der Waals surface area contributed by atoms with Gasteiger partial charge in [0.1, 0.15) is 17.3 Å². The predicted octanol–water partition coefficient (Wildman–Crippen LogP) is 4.12. The van der Waals surface area contributed by atoms with Gasteiger partial charge in [-0.2, -0.15) is 0 Å². The highest BCUT2D eigenvalue weighted by atomic mass is 16.5. The van der Waals surface area contributed by atoms with Gasteiger partial charge in [-0.1, -0.05) is 30.3 Å². The molecule has 1 fully saturated rings. The Morgan fingerprint density at radius 2 is 1.63 bits per heavy atom. The van der Waals surface area contributed by atoms with Gasteiger partial charge >= 0.3 is 5.97 Å². The van der Waals surface area contributed by atoms with Crippen molar-refractivity contribution >= 4 is 29.1 Å². The Kier molecular flexibility index (Phi) is 6.55. The molecule has 3 aromatic rings. The zero-order chi connectivity index (χ0) is 25.1. The van der Waals surface area contributed by atoms with Crippen molar-refractivity contribution in [2.24, 2.45) is 0 Å². The normalized spacial score (nSPS) is 16.8. The van der Waals surface area contributed by atoms with Crippen LogP contribution >= 0.6 is 0 Å². The molecule has 1 saturated heterocycles. The number of esters is 1. The van der Waals surface area contributed by atoms with Gasteiger partial charge in [0.25, 0.3) is 11.7 Å². The van der Waals surface area contributed by atoms with Crippen molar-refractivity contribution in [3.05, 3.63) is 95.1 Å². The van der Waals surface area contributed by atoms with Crippen LogP contribution in [-0.4, -0.2) is 44.1 Å². The average Bonchev–Trinajstić information content (AvgIpc) is 3.17. The Balaban J connectivity index is 1.98. The third kappa shape index (κ3) is 4.21. The van der Waals surface area contributed by atoms with Crippen LogP contribution in [0.1, 0.15) is 27.5 Å². The van der Waals surface area contributed by atoms with E-state index in [2.05, 4.69) is 0 Å². The second-order valence-corrected chi connectivity index (χ2v) is 7.69. The molecule has 3 aromatic carbocycles. The second kappa shape index (κ2) is 9.72. The van der Waals surface area contributed by atoms with Gasteiger partial charge < -0.3 is 19.3 Å². The maximum atomic E-state index is 13.3. The first-order chi connectivity index (χ1) is 16.9. The van der Waals surface area contributed by atoms with Crippen LogP contribution in [0.2, 0.25) is 0 Å². The Morgan fingerprint density at radius 3 is 2.34 bits per heavy atom. The van der Waals surface area contributed by atoms with Gasteiger partial charge in [0.05, 0.1) is 44.1 Å². The molecule has 1 aliphatic heterocycles. The smallest absolute Gasteiger partial charge is 0.337 e. The van der Waals surface area contributed by atoms with Crippen LogP contribution in [0.25, 0.3) is 5.76 Å². The fourth-order valence-corrected chi connectivity index (χ4v) is 4.11. The number of anilines is 1. The predicted molar refractivity (Wildman–Crippen MR) is 129 cm³/mol. The van der Waals surface area contributed by atoms with Gasteiger partial charge in [0, 0.05) is 5.69 Å². The van der Waals surface area contributed by atoms with E-state index in [1.54, 1.807) is 66.7 Å². The molecule has 1 amide bonds. The molecule has 1 atom stereocenters. The van der Waals surface area contributed by atoms with Crippen molar-refractivity contribution in [1.29, 1.82) is 0 Å². The van der Waals surface area contributed by atoms with Crippen LogP contribution in [0.3, 0.4) is 0 Å². The third-order valence-electron chi connectivity index (χ3n) is 5.76. The van der Waals surface area contributed by atoms with Crippen LogP contribution in [0, 0.1) is 0 Å². The summed E-state index contributed by atoms with van der Waals surface area (Å²) in [7, 11) is 4.21. The van der Waals surface area contributed by atoms with Crippen molar-refractivity contribution in [3.63, 3.8) is 0 Å². The lowest BCUT2D eigenvalue weighted by Crippen LogP contribution is -2.29. The largest absolute Gasteiger partial charge is 0.507 e. The molecule has 178 valence electrons.